The van der Waals surface area contributed by atoms with Gasteiger partial charge in [-0.2, -0.15) is 5.10 Å². The van der Waals surface area contributed by atoms with Gasteiger partial charge in [0.2, 0.25) is 0 Å². The second kappa shape index (κ2) is 9.38. The van der Waals surface area contributed by atoms with Crippen molar-refractivity contribution in [2.75, 3.05) is 6.61 Å². The van der Waals surface area contributed by atoms with Gasteiger partial charge in [-0.25, -0.2) is 0 Å². The monoisotopic (exact) mass is 363 g/mol. The summed E-state index contributed by atoms with van der Waals surface area (Å²) < 4.78 is 7.81. The Balaban J connectivity index is 1.46. The van der Waals surface area contributed by atoms with E-state index in [0.29, 0.717) is 0 Å². The van der Waals surface area contributed by atoms with Crippen LogP contribution in [0.3, 0.4) is 0 Å². The third-order valence-corrected chi connectivity index (χ3v) is 4.75. The number of nitrogens with one attached hydrogen (secondary N) is 1. The van der Waals surface area contributed by atoms with Gasteiger partial charge in [0.25, 0.3) is 0 Å². The van der Waals surface area contributed by atoms with Crippen LogP contribution in [-0.2, 0) is 20.0 Å². The van der Waals surface area contributed by atoms with Gasteiger partial charge in [-0.3, -0.25) is 4.68 Å². The van der Waals surface area contributed by atoms with E-state index in [1.165, 1.54) is 16.7 Å². The summed E-state index contributed by atoms with van der Waals surface area (Å²) in [5.41, 5.74) is 4.90. The minimum absolute atomic E-state index is 0.258. The molecule has 4 heteroatoms. The first-order chi connectivity index (χ1) is 13.1. The summed E-state index contributed by atoms with van der Waals surface area (Å²) in [6, 6.07) is 19.1. The third-order valence-electron chi connectivity index (χ3n) is 4.75. The van der Waals surface area contributed by atoms with Crippen LogP contribution in [-0.4, -0.2) is 16.4 Å². The van der Waals surface area contributed by atoms with Gasteiger partial charge in [0.15, 0.2) is 0 Å². The summed E-state index contributed by atoms with van der Waals surface area (Å²) in [7, 11) is 1.96. The average Bonchev–Trinajstić information content (AvgIpc) is 3.03. The molecule has 0 aliphatic heterocycles. The summed E-state index contributed by atoms with van der Waals surface area (Å²) in [4.78, 5) is 0. The number of nitrogens with zero attached hydrogens (tertiary/aromatic N) is 2. The summed E-state index contributed by atoms with van der Waals surface area (Å²) in [5.74, 6) is 0.938. The van der Waals surface area contributed by atoms with Crippen molar-refractivity contribution in [2.24, 2.45) is 7.05 Å². The minimum atomic E-state index is 0.258. The van der Waals surface area contributed by atoms with Gasteiger partial charge in [-0.15, -0.1) is 0 Å². The fourth-order valence-corrected chi connectivity index (χ4v) is 3.28. The van der Waals surface area contributed by atoms with Crippen molar-refractivity contribution >= 4 is 0 Å². The largest absolute Gasteiger partial charge is 0.494 e. The lowest BCUT2D eigenvalue weighted by atomic mass is 10.1. The number of hydrogen-bond donors (Lipinski definition) is 1. The molecule has 27 heavy (non-hydrogen) atoms. The van der Waals surface area contributed by atoms with Crippen LogP contribution in [0.1, 0.15) is 41.8 Å². The van der Waals surface area contributed by atoms with Crippen molar-refractivity contribution in [1.29, 1.82) is 0 Å². The Morgan fingerprint density at radius 3 is 2.59 bits per heavy atom. The number of ether oxygens (including phenoxy) is 1. The molecule has 0 bridgehead atoms. The summed E-state index contributed by atoms with van der Waals surface area (Å²) >= 11 is 0. The van der Waals surface area contributed by atoms with E-state index in [1.54, 1.807) is 0 Å². The SMILES string of the molecule is Cc1nn(C)cc1C(C)NCc1cccc(OCCCc2ccccc2)c1. The van der Waals surface area contributed by atoms with Crippen LogP contribution in [0.2, 0.25) is 0 Å². The molecule has 0 saturated heterocycles. The molecular formula is C23H29N3O. The maximum absolute atomic E-state index is 5.94. The third kappa shape index (κ3) is 5.69. The predicted molar refractivity (Wildman–Crippen MR) is 110 cm³/mol. The molecule has 4 nitrogen and oxygen atoms in total. The van der Waals surface area contributed by atoms with Crippen molar-refractivity contribution in [3.8, 4) is 5.75 Å². The highest BCUT2D eigenvalue weighted by Crippen LogP contribution is 2.18. The van der Waals surface area contributed by atoms with Gasteiger partial charge in [-0.1, -0.05) is 42.5 Å². The van der Waals surface area contributed by atoms with E-state index < -0.39 is 0 Å². The molecule has 2 aromatic carbocycles. The Bertz CT molecular complexity index is 842. The fraction of sp³-hybridized carbons (Fsp3) is 0.348. The van der Waals surface area contributed by atoms with Gasteiger partial charge in [0, 0.05) is 31.4 Å². The van der Waals surface area contributed by atoms with E-state index in [4.69, 9.17) is 4.74 Å². The molecule has 1 N–H and O–H groups in total. The number of rotatable bonds is 9. The second-order valence-electron chi connectivity index (χ2n) is 7.03. The Kier molecular flexibility index (Phi) is 6.66. The smallest absolute Gasteiger partial charge is 0.119 e. The van der Waals surface area contributed by atoms with E-state index in [2.05, 4.69) is 79.0 Å². The molecule has 0 fully saturated rings. The zero-order valence-electron chi connectivity index (χ0n) is 16.5. The molecule has 142 valence electrons. The van der Waals surface area contributed by atoms with Crippen LogP contribution < -0.4 is 10.1 Å². The number of benzene rings is 2. The molecule has 1 unspecified atom stereocenters. The van der Waals surface area contributed by atoms with E-state index in [1.807, 2.05) is 17.8 Å². The molecule has 0 spiro atoms. The summed E-state index contributed by atoms with van der Waals surface area (Å²) in [6.07, 6.45) is 4.15. The minimum Gasteiger partial charge on any atom is -0.494 e. The van der Waals surface area contributed by atoms with Crippen LogP contribution in [0, 0.1) is 6.92 Å². The van der Waals surface area contributed by atoms with E-state index in [0.717, 1.165) is 37.4 Å². The zero-order valence-corrected chi connectivity index (χ0v) is 16.5. The second-order valence-corrected chi connectivity index (χ2v) is 7.03. The van der Waals surface area contributed by atoms with Crippen molar-refractivity contribution in [1.82, 2.24) is 15.1 Å². The number of aryl methyl sites for hydroxylation is 3. The van der Waals surface area contributed by atoms with Crippen LogP contribution >= 0.6 is 0 Å². The lowest BCUT2D eigenvalue weighted by Crippen LogP contribution is -2.18. The lowest BCUT2D eigenvalue weighted by Gasteiger charge is -2.14. The van der Waals surface area contributed by atoms with Gasteiger partial charge < -0.3 is 10.1 Å². The summed E-state index contributed by atoms with van der Waals surface area (Å²) in [5, 5.41) is 8.00. The zero-order chi connectivity index (χ0) is 19.1. The van der Waals surface area contributed by atoms with Crippen LogP contribution in [0.25, 0.3) is 0 Å². The quantitative estimate of drug-likeness (QED) is 0.565. The van der Waals surface area contributed by atoms with Crippen molar-refractivity contribution in [2.45, 2.75) is 39.3 Å². The molecule has 1 aromatic heterocycles. The standard InChI is InChI=1S/C23H29N3O/c1-18(23-17-26(3)25-19(23)2)24-16-21-11-7-13-22(15-21)27-14-8-12-20-9-5-4-6-10-20/h4-7,9-11,13,15,17-18,24H,8,12,14,16H2,1-3H3. The predicted octanol–water partition coefficient (Wildman–Crippen LogP) is 4.59. The molecule has 0 aliphatic rings. The topological polar surface area (TPSA) is 39.1 Å². The molecule has 1 heterocycles. The molecule has 0 radical (unpaired) electrons. The molecule has 3 aromatic rings. The molecule has 0 aliphatic carbocycles. The Labute approximate surface area is 162 Å². The highest BCUT2D eigenvalue weighted by molar-refractivity contribution is 5.29. The molecule has 0 saturated carbocycles. The molecular weight excluding hydrogens is 334 g/mol. The molecule has 0 amide bonds. The van der Waals surface area contributed by atoms with Gasteiger partial charge in [0.1, 0.15) is 5.75 Å². The Morgan fingerprint density at radius 2 is 1.85 bits per heavy atom. The molecule has 3 rings (SSSR count). The first kappa shape index (κ1) is 19.2. The Hall–Kier alpha value is -2.59. The number of aromatic nitrogens is 2. The van der Waals surface area contributed by atoms with Crippen LogP contribution in [0.5, 0.6) is 5.75 Å². The lowest BCUT2D eigenvalue weighted by molar-refractivity contribution is 0.310. The highest BCUT2D eigenvalue weighted by Gasteiger charge is 2.11. The van der Waals surface area contributed by atoms with Crippen molar-refractivity contribution in [3.05, 3.63) is 83.2 Å². The van der Waals surface area contributed by atoms with E-state index in [9.17, 15) is 0 Å². The number of hydrogen-bond acceptors (Lipinski definition) is 3. The van der Waals surface area contributed by atoms with Crippen molar-refractivity contribution in [3.63, 3.8) is 0 Å². The first-order valence-electron chi connectivity index (χ1n) is 9.61. The molecule has 1 atom stereocenters. The van der Waals surface area contributed by atoms with Gasteiger partial charge >= 0.3 is 0 Å². The van der Waals surface area contributed by atoms with E-state index >= 15 is 0 Å². The Morgan fingerprint density at radius 1 is 1.07 bits per heavy atom. The first-order valence-corrected chi connectivity index (χ1v) is 9.61. The normalized spacial score (nSPS) is 12.1. The summed E-state index contributed by atoms with van der Waals surface area (Å²) in [6.45, 7) is 5.76. The average molecular weight is 364 g/mol. The van der Waals surface area contributed by atoms with Crippen LogP contribution in [0.15, 0.2) is 60.8 Å². The van der Waals surface area contributed by atoms with Crippen LogP contribution in [0.4, 0.5) is 0 Å². The highest BCUT2D eigenvalue weighted by atomic mass is 16.5. The maximum atomic E-state index is 5.94. The van der Waals surface area contributed by atoms with Gasteiger partial charge in [-0.05, 0) is 49.9 Å². The van der Waals surface area contributed by atoms with Crippen molar-refractivity contribution < 1.29 is 4.74 Å². The fourth-order valence-electron chi connectivity index (χ4n) is 3.28. The van der Waals surface area contributed by atoms with Gasteiger partial charge in [0.05, 0.1) is 12.3 Å². The van der Waals surface area contributed by atoms with E-state index in [-0.39, 0.29) is 6.04 Å². The maximum Gasteiger partial charge on any atom is 0.119 e.